The van der Waals surface area contributed by atoms with Gasteiger partial charge in [0.25, 0.3) is 5.78 Å². The molecule has 0 bridgehead atoms. The van der Waals surface area contributed by atoms with E-state index >= 15 is 0 Å². The summed E-state index contributed by atoms with van der Waals surface area (Å²) < 4.78 is 7.37. The second-order valence-corrected chi connectivity index (χ2v) is 7.08. The normalized spacial score (nSPS) is 23.1. The molecule has 7 nitrogen and oxygen atoms in total. The number of nitrogens with zero attached hydrogens (tertiary/aromatic N) is 6. The summed E-state index contributed by atoms with van der Waals surface area (Å²) >= 11 is 0. The molecule has 0 N–H and O–H groups in total. The van der Waals surface area contributed by atoms with Crippen LogP contribution in [0.2, 0.25) is 0 Å². The first kappa shape index (κ1) is 15.8. The van der Waals surface area contributed by atoms with Crippen molar-refractivity contribution in [2.75, 3.05) is 44.3 Å². The number of hydrogen-bond donors (Lipinski definition) is 0. The van der Waals surface area contributed by atoms with Crippen LogP contribution in [0.15, 0.2) is 6.07 Å². The van der Waals surface area contributed by atoms with Crippen molar-refractivity contribution in [3.8, 4) is 0 Å². The molecule has 2 aromatic rings. The van der Waals surface area contributed by atoms with Gasteiger partial charge >= 0.3 is 0 Å². The van der Waals surface area contributed by atoms with Crippen LogP contribution < -0.4 is 4.90 Å². The summed E-state index contributed by atoms with van der Waals surface area (Å²) in [6, 6.07) is 2.10. The Bertz CT molecular complexity index is 708. The average molecular weight is 330 g/mol. The van der Waals surface area contributed by atoms with Crippen molar-refractivity contribution >= 4 is 11.6 Å². The highest BCUT2D eigenvalue weighted by atomic mass is 16.5. The third-order valence-electron chi connectivity index (χ3n) is 4.91. The molecule has 4 rings (SSSR count). The largest absolute Gasteiger partial charge is 0.378 e. The lowest BCUT2D eigenvalue weighted by atomic mass is 10.0. The third kappa shape index (κ3) is 3.23. The van der Waals surface area contributed by atoms with Gasteiger partial charge in [-0.1, -0.05) is 6.92 Å². The van der Waals surface area contributed by atoms with E-state index < -0.39 is 0 Å². The summed E-state index contributed by atoms with van der Waals surface area (Å²) in [5, 5.41) is 4.77. The zero-order chi connectivity index (χ0) is 16.5. The molecular formula is C17H26N6O. The minimum absolute atomic E-state index is 0.705. The first-order valence-electron chi connectivity index (χ1n) is 8.97. The third-order valence-corrected chi connectivity index (χ3v) is 4.91. The summed E-state index contributed by atoms with van der Waals surface area (Å²) in [6.07, 6.45) is 2.60. The van der Waals surface area contributed by atoms with E-state index in [1.807, 2.05) is 11.4 Å². The Kier molecular flexibility index (Phi) is 4.37. The van der Waals surface area contributed by atoms with Crippen LogP contribution in [0.3, 0.4) is 0 Å². The van der Waals surface area contributed by atoms with Crippen LogP contribution in [0.5, 0.6) is 0 Å². The highest BCUT2D eigenvalue weighted by molar-refractivity contribution is 5.47. The standard InChI is InChI=1S/C17H26N6O/c1-13-4-3-5-21(11-13)12-15-19-17-18-14(2)10-16(23(17)20-15)22-6-8-24-9-7-22/h10,13H,3-9,11-12H2,1-2H3/t13-/m1/s1. The Balaban J connectivity index is 1.61. The van der Waals surface area contributed by atoms with E-state index in [1.54, 1.807) is 0 Å². The summed E-state index contributed by atoms with van der Waals surface area (Å²) in [7, 11) is 0. The van der Waals surface area contributed by atoms with Gasteiger partial charge in [-0.25, -0.2) is 4.98 Å². The zero-order valence-electron chi connectivity index (χ0n) is 14.6. The number of piperidine rings is 1. The maximum Gasteiger partial charge on any atom is 0.254 e. The van der Waals surface area contributed by atoms with Gasteiger partial charge in [0.2, 0.25) is 0 Å². The molecule has 7 heteroatoms. The molecule has 24 heavy (non-hydrogen) atoms. The molecule has 0 saturated carbocycles. The lowest BCUT2D eigenvalue weighted by Gasteiger charge is -2.29. The minimum atomic E-state index is 0.705. The van der Waals surface area contributed by atoms with Gasteiger partial charge in [-0.2, -0.15) is 9.50 Å². The van der Waals surface area contributed by atoms with Gasteiger partial charge in [0.15, 0.2) is 5.82 Å². The molecule has 1 atom stereocenters. The van der Waals surface area contributed by atoms with Crippen molar-refractivity contribution in [2.45, 2.75) is 33.2 Å². The highest BCUT2D eigenvalue weighted by Crippen LogP contribution is 2.20. The zero-order valence-corrected chi connectivity index (χ0v) is 14.6. The van der Waals surface area contributed by atoms with E-state index in [1.165, 1.54) is 12.8 Å². The SMILES string of the molecule is Cc1cc(N2CCOCC2)n2nc(CN3CCC[C@@H](C)C3)nc2n1. The molecule has 2 aliphatic heterocycles. The summed E-state index contributed by atoms with van der Waals surface area (Å²) in [4.78, 5) is 14.0. The molecule has 4 heterocycles. The Morgan fingerprint density at radius 2 is 2.04 bits per heavy atom. The molecular weight excluding hydrogens is 304 g/mol. The number of ether oxygens (including phenoxy) is 1. The van der Waals surface area contributed by atoms with Crippen molar-refractivity contribution in [1.82, 2.24) is 24.5 Å². The van der Waals surface area contributed by atoms with Crippen LogP contribution in [0.25, 0.3) is 5.78 Å². The molecule has 0 radical (unpaired) electrons. The molecule has 0 unspecified atom stereocenters. The Labute approximate surface area is 142 Å². The van der Waals surface area contributed by atoms with Gasteiger partial charge in [-0.15, -0.1) is 5.10 Å². The topological polar surface area (TPSA) is 58.8 Å². The molecule has 2 aromatic heterocycles. The van der Waals surface area contributed by atoms with E-state index in [0.717, 1.165) is 69.2 Å². The molecule has 2 fully saturated rings. The number of morpholine rings is 1. The quantitative estimate of drug-likeness (QED) is 0.850. The Morgan fingerprint density at radius 3 is 2.83 bits per heavy atom. The molecule has 2 saturated heterocycles. The van der Waals surface area contributed by atoms with Gasteiger partial charge in [-0.05, 0) is 32.2 Å². The van der Waals surface area contributed by atoms with E-state index in [4.69, 9.17) is 9.84 Å². The Morgan fingerprint density at radius 1 is 1.21 bits per heavy atom. The van der Waals surface area contributed by atoms with Gasteiger partial charge in [0.1, 0.15) is 5.82 Å². The number of aromatic nitrogens is 4. The molecule has 0 aromatic carbocycles. The van der Waals surface area contributed by atoms with E-state index in [9.17, 15) is 0 Å². The maximum absolute atomic E-state index is 5.47. The fourth-order valence-corrected chi connectivity index (χ4v) is 3.72. The van der Waals surface area contributed by atoms with Crippen molar-refractivity contribution in [3.05, 3.63) is 17.6 Å². The number of aryl methyl sites for hydroxylation is 1. The maximum atomic E-state index is 5.47. The average Bonchev–Trinajstić information content (AvgIpc) is 2.97. The molecule has 0 spiro atoms. The van der Waals surface area contributed by atoms with Crippen molar-refractivity contribution in [3.63, 3.8) is 0 Å². The monoisotopic (exact) mass is 330 g/mol. The summed E-state index contributed by atoms with van der Waals surface area (Å²) in [5.41, 5.74) is 0.981. The van der Waals surface area contributed by atoms with Crippen molar-refractivity contribution in [1.29, 1.82) is 0 Å². The van der Waals surface area contributed by atoms with E-state index in [0.29, 0.717) is 5.78 Å². The van der Waals surface area contributed by atoms with Crippen LogP contribution in [0.1, 0.15) is 31.3 Å². The second kappa shape index (κ2) is 6.64. The van der Waals surface area contributed by atoms with Gasteiger partial charge in [-0.3, -0.25) is 4.90 Å². The van der Waals surface area contributed by atoms with Crippen molar-refractivity contribution < 1.29 is 4.74 Å². The number of rotatable bonds is 3. The second-order valence-electron chi connectivity index (χ2n) is 7.08. The smallest absolute Gasteiger partial charge is 0.254 e. The molecule has 130 valence electrons. The van der Waals surface area contributed by atoms with Crippen LogP contribution in [0.4, 0.5) is 5.82 Å². The molecule has 0 aliphatic carbocycles. The van der Waals surface area contributed by atoms with Gasteiger partial charge in [0, 0.05) is 31.4 Å². The van der Waals surface area contributed by atoms with Crippen LogP contribution in [-0.2, 0) is 11.3 Å². The lowest BCUT2D eigenvalue weighted by molar-refractivity contribution is 0.122. The van der Waals surface area contributed by atoms with E-state index in [-0.39, 0.29) is 0 Å². The van der Waals surface area contributed by atoms with Crippen molar-refractivity contribution in [2.24, 2.45) is 5.92 Å². The van der Waals surface area contributed by atoms with Crippen LogP contribution in [0, 0.1) is 12.8 Å². The summed E-state index contributed by atoms with van der Waals surface area (Å²) in [6.45, 7) is 10.7. The fraction of sp³-hybridized carbons (Fsp3) is 0.706. The lowest BCUT2D eigenvalue weighted by Crippen LogP contribution is -2.37. The van der Waals surface area contributed by atoms with E-state index in [2.05, 4.69) is 32.8 Å². The van der Waals surface area contributed by atoms with Gasteiger partial charge < -0.3 is 9.64 Å². The van der Waals surface area contributed by atoms with Gasteiger partial charge in [0.05, 0.1) is 19.8 Å². The predicted octanol–water partition coefficient (Wildman–Crippen LogP) is 1.50. The highest BCUT2D eigenvalue weighted by Gasteiger charge is 2.21. The number of anilines is 1. The molecule has 0 amide bonds. The number of hydrogen-bond acceptors (Lipinski definition) is 6. The summed E-state index contributed by atoms with van der Waals surface area (Å²) in [5.74, 6) is 3.42. The fourth-order valence-electron chi connectivity index (χ4n) is 3.72. The number of likely N-dealkylation sites (tertiary alicyclic amines) is 1. The Hall–Kier alpha value is -1.73. The minimum Gasteiger partial charge on any atom is -0.378 e. The molecule has 2 aliphatic rings. The first-order chi connectivity index (χ1) is 11.7. The first-order valence-corrected chi connectivity index (χ1v) is 8.97. The predicted molar refractivity (Wildman–Crippen MR) is 92.2 cm³/mol. The van der Waals surface area contributed by atoms with Crippen LogP contribution >= 0.6 is 0 Å². The number of fused-ring (bicyclic) bond motifs is 1. The van der Waals surface area contributed by atoms with Crippen LogP contribution in [-0.4, -0.2) is 63.9 Å².